The summed E-state index contributed by atoms with van der Waals surface area (Å²) in [6.07, 6.45) is 3.18. The molecule has 3 aromatic rings. The molecule has 0 spiro atoms. The Bertz CT molecular complexity index is 970. The molecule has 28 heavy (non-hydrogen) atoms. The van der Waals surface area contributed by atoms with Crippen LogP contribution in [0.1, 0.15) is 36.9 Å². The minimum atomic E-state index is -0.249. The highest BCUT2D eigenvalue weighted by Gasteiger charge is 2.25. The number of nitrogens with one attached hydrogen (secondary N) is 1. The number of carbonyl (C=O) groups excluding carboxylic acids is 1. The summed E-state index contributed by atoms with van der Waals surface area (Å²) in [5.41, 5.74) is 3.62. The summed E-state index contributed by atoms with van der Waals surface area (Å²) in [4.78, 5) is 12.8. The smallest absolute Gasteiger partial charge is 0.233 e. The van der Waals surface area contributed by atoms with Gasteiger partial charge in [0.15, 0.2) is 11.0 Å². The summed E-state index contributed by atoms with van der Waals surface area (Å²) in [7, 11) is 1.94. The number of amides is 1. The lowest BCUT2D eigenvalue weighted by atomic mass is 9.88. The van der Waals surface area contributed by atoms with Crippen molar-refractivity contribution in [3.05, 3.63) is 65.7 Å². The molecule has 0 saturated carbocycles. The quantitative estimate of drug-likeness (QED) is 0.663. The van der Waals surface area contributed by atoms with E-state index in [1.165, 1.54) is 22.9 Å². The first kappa shape index (κ1) is 18.7. The molecule has 6 heteroatoms. The van der Waals surface area contributed by atoms with Crippen molar-refractivity contribution in [1.29, 1.82) is 0 Å². The van der Waals surface area contributed by atoms with E-state index in [1.807, 2.05) is 54.9 Å². The standard InChI is InChI=1S/C22H24N4OS/c1-15(21(27)23-19-14-8-12-16-9-6-7-13-18(16)19)28-22-25-24-20(26(22)2)17-10-4-3-5-11-17/h3-7,9-11,13,15,19H,8,12,14H2,1-2H3,(H,23,27)/t15-,19+/m1/s1. The molecule has 2 aromatic carbocycles. The van der Waals surface area contributed by atoms with Crippen LogP contribution in [0, 0.1) is 0 Å². The second-order valence-corrected chi connectivity index (χ2v) is 8.45. The highest BCUT2D eigenvalue weighted by atomic mass is 32.2. The molecule has 0 bridgehead atoms. The predicted molar refractivity (Wildman–Crippen MR) is 112 cm³/mol. The molecular formula is C22H24N4OS. The van der Waals surface area contributed by atoms with Gasteiger partial charge in [-0.15, -0.1) is 10.2 Å². The van der Waals surface area contributed by atoms with Gasteiger partial charge < -0.3 is 9.88 Å². The normalized spacial score (nSPS) is 17.0. The molecule has 1 heterocycles. The number of benzene rings is 2. The number of carbonyl (C=O) groups is 1. The Hall–Kier alpha value is -2.60. The number of nitrogens with zero attached hydrogens (tertiary/aromatic N) is 3. The van der Waals surface area contributed by atoms with Crippen LogP contribution >= 0.6 is 11.8 Å². The van der Waals surface area contributed by atoms with Crippen molar-refractivity contribution in [1.82, 2.24) is 20.1 Å². The Balaban J connectivity index is 1.44. The third-order valence-corrected chi connectivity index (χ3v) is 6.34. The van der Waals surface area contributed by atoms with E-state index in [0.29, 0.717) is 0 Å². The van der Waals surface area contributed by atoms with Crippen molar-refractivity contribution in [2.45, 2.75) is 42.6 Å². The Morgan fingerprint density at radius 1 is 1.14 bits per heavy atom. The maximum absolute atomic E-state index is 12.8. The monoisotopic (exact) mass is 392 g/mol. The molecule has 1 N–H and O–H groups in total. The van der Waals surface area contributed by atoms with Gasteiger partial charge in [-0.3, -0.25) is 4.79 Å². The number of thioether (sulfide) groups is 1. The van der Waals surface area contributed by atoms with Gasteiger partial charge in [-0.2, -0.15) is 0 Å². The van der Waals surface area contributed by atoms with Crippen LogP contribution in [0.3, 0.4) is 0 Å². The van der Waals surface area contributed by atoms with Crippen LogP contribution in [-0.2, 0) is 18.3 Å². The average molecular weight is 393 g/mol. The molecule has 0 unspecified atom stereocenters. The van der Waals surface area contributed by atoms with E-state index in [9.17, 15) is 4.79 Å². The summed E-state index contributed by atoms with van der Waals surface area (Å²) < 4.78 is 1.94. The number of fused-ring (bicyclic) bond motifs is 1. The molecule has 1 aromatic heterocycles. The zero-order chi connectivity index (χ0) is 19.5. The maximum atomic E-state index is 12.8. The lowest BCUT2D eigenvalue weighted by molar-refractivity contribution is -0.121. The van der Waals surface area contributed by atoms with E-state index in [2.05, 4.69) is 33.7 Å². The van der Waals surface area contributed by atoms with Crippen LogP contribution in [-0.4, -0.2) is 25.9 Å². The van der Waals surface area contributed by atoms with Crippen LogP contribution in [0.25, 0.3) is 11.4 Å². The fourth-order valence-corrected chi connectivity index (χ4v) is 4.48. The van der Waals surface area contributed by atoms with E-state index in [0.717, 1.165) is 35.8 Å². The Morgan fingerprint density at radius 2 is 1.89 bits per heavy atom. The molecule has 5 nitrogen and oxygen atoms in total. The van der Waals surface area contributed by atoms with E-state index >= 15 is 0 Å². The van der Waals surface area contributed by atoms with Gasteiger partial charge in [0.25, 0.3) is 0 Å². The first-order chi connectivity index (χ1) is 13.6. The van der Waals surface area contributed by atoms with E-state index in [1.54, 1.807) is 0 Å². The third-order valence-electron chi connectivity index (χ3n) is 5.20. The van der Waals surface area contributed by atoms with Crippen molar-refractivity contribution in [2.75, 3.05) is 0 Å². The molecule has 1 amide bonds. The first-order valence-corrected chi connectivity index (χ1v) is 10.5. The highest BCUT2D eigenvalue weighted by molar-refractivity contribution is 8.00. The summed E-state index contributed by atoms with van der Waals surface area (Å²) in [6.45, 7) is 1.92. The summed E-state index contributed by atoms with van der Waals surface area (Å²) in [5.74, 6) is 0.841. The minimum Gasteiger partial charge on any atom is -0.348 e. The highest BCUT2D eigenvalue weighted by Crippen LogP contribution is 2.31. The summed E-state index contributed by atoms with van der Waals surface area (Å²) >= 11 is 1.44. The largest absolute Gasteiger partial charge is 0.348 e. The molecule has 0 aliphatic heterocycles. The average Bonchev–Trinajstić information content (AvgIpc) is 3.09. The van der Waals surface area contributed by atoms with Gasteiger partial charge in [-0.25, -0.2) is 0 Å². The van der Waals surface area contributed by atoms with Crippen molar-refractivity contribution >= 4 is 17.7 Å². The van der Waals surface area contributed by atoms with E-state index < -0.39 is 0 Å². The minimum absolute atomic E-state index is 0.0379. The van der Waals surface area contributed by atoms with Gasteiger partial charge in [0, 0.05) is 12.6 Å². The van der Waals surface area contributed by atoms with Crippen LogP contribution in [0.4, 0.5) is 0 Å². The molecular weight excluding hydrogens is 368 g/mol. The molecule has 0 fully saturated rings. The van der Waals surface area contributed by atoms with Crippen molar-refractivity contribution in [3.8, 4) is 11.4 Å². The number of hydrogen-bond donors (Lipinski definition) is 1. The number of hydrogen-bond acceptors (Lipinski definition) is 4. The predicted octanol–water partition coefficient (Wildman–Crippen LogP) is 4.16. The van der Waals surface area contributed by atoms with Gasteiger partial charge in [-0.05, 0) is 37.3 Å². The number of rotatable bonds is 5. The molecule has 0 saturated heterocycles. The second kappa shape index (κ2) is 8.19. The molecule has 144 valence electrons. The van der Waals surface area contributed by atoms with Crippen LogP contribution < -0.4 is 5.32 Å². The second-order valence-electron chi connectivity index (χ2n) is 7.14. The zero-order valence-corrected chi connectivity index (χ0v) is 16.9. The van der Waals surface area contributed by atoms with E-state index in [4.69, 9.17) is 0 Å². The lowest BCUT2D eigenvalue weighted by Gasteiger charge is -2.27. The summed E-state index contributed by atoms with van der Waals surface area (Å²) in [5, 5.41) is 12.3. The Morgan fingerprint density at radius 3 is 2.71 bits per heavy atom. The summed E-state index contributed by atoms with van der Waals surface area (Å²) in [6, 6.07) is 18.5. The first-order valence-electron chi connectivity index (χ1n) is 9.63. The maximum Gasteiger partial charge on any atom is 0.233 e. The fraction of sp³-hybridized carbons (Fsp3) is 0.318. The SMILES string of the molecule is C[C@@H](Sc1nnc(-c2ccccc2)n1C)C(=O)N[C@H]1CCCc2ccccc21. The van der Waals surface area contributed by atoms with Crippen molar-refractivity contribution < 1.29 is 4.79 Å². The third kappa shape index (κ3) is 3.83. The van der Waals surface area contributed by atoms with Gasteiger partial charge in [-0.1, -0.05) is 66.4 Å². The van der Waals surface area contributed by atoms with Gasteiger partial charge in [0.2, 0.25) is 5.91 Å². The molecule has 1 aliphatic rings. The lowest BCUT2D eigenvalue weighted by Crippen LogP contribution is -2.36. The Labute approximate surface area is 169 Å². The van der Waals surface area contributed by atoms with Gasteiger partial charge in [0.05, 0.1) is 11.3 Å². The van der Waals surface area contributed by atoms with Crippen LogP contribution in [0.5, 0.6) is 0 Å². The van der Waals surface area contributed by atoms with Gasteiger partial charge in [0.1, 0.15) is 0 Å². The number of aryl methyl sites for hydroxylation is 1. The zero-order valence-electron chi connectivity index (χ0n) is 16.1. The molecule has 0 radical (unpaired) electrons. The van der Waals surface area contributed by atoms with Crippen LogP contribution in [0.15, 0.2) is 59.8 Å². The molecule has 4 rings (SSSR count). The fourth-order valence-electron chi connectivity index (χ4n) is 3.66. The van der Waals surface area contributed by atoms with E-state index in [-0.39, 0.29) is 17.2 Å². The van der Waals surface area contributed by atoms with Gasteiger partial charge >= 0.3 is 0 Å². The topological polar surface area (TPSA) is 59.8 Å². The molecule has 1 aliphatic carbocycles. The number of aromatic nitrogens is 3. The molecule has 2 atom stereocenters. The Kier molecular flexibility index (Phi) is 5.48. The van der Waals surface area contributed by atoms with Crippen LogP contribution in [0.2, 0.25) is 0 Å². The van der Waals surface area contributed by atoms with Crippen molar-refractivity contribution in [2.24, 2.45) is 7.05 Å². The van der Waals surface area contributed by atoms with Crippen molar-refractivity contribution in [3.63, 3.8) is 0 Å².